The van der Waals surface area contributed by atoms with Gasteiger partial charge in [0, 0.05) is 5.56 Å². The van der Waals surface area contributed by atoms with Crippen LogP contribution in [0.5, 0.6) is 0 Å². The molecule has 142 valence electrons. The quantitative estimate of drug-likeness (QED) is 0.634. The molecule has 0 spiro atoms. The summed E-state index contributed by atoms with van der Waals surface area (Å²) >= 11 is 0. The van der Waals surface area contributed by atoms with Crippen molar-refractivity contribution in [2.24, 2.45) is 0 Å². The molecule has 2 rings (SSSR count). The maximum atomic E-state index is 12.5. The second kappa shape index (κ2) is 10.1. The molecule has 3 N–H and O–H groups in total. The molecule has 2 amide bonds. The van der Waals surface area contributed by atoms with Crippen LogP contribution in [0.1, 0.15) is 48.1 Å². The van der Waals surface area contributed by atoms with Crippen LogP contribution in [0.15, 0.2) is 60.7 Å². The summed E-state index contributed by atoms with van der Waals surface area (Å²) < 4.78 is 0. The van der Waals surface area contributed by atoms with Crippen LogP contribution in [0, 0.1) is 0 Å². The van der Waals surface area contributed by atoms with E-state index in [1.807, 2.05) is 43.3 Å². The van der Waals surface area contributed by atoms with Crippen molar-refractivity contribution < 1.29 is 19.5 Å². The van der Waals surface area contributed by atoms with Gasteiger partial charge in [0.1, 0.15) is 6.04 Å². The molecular weight excluding hydrogens is 344 g/mol. The molecule has 0 saturated carbocycles. The van der Waals surface area contributed by atoms with Gasteiger partial charge >= 0.3 is 5.97 Å². The highest BCUT2D eigenvalue weighted by Crippen LogP contribution is 2.18. The van der Waals surface area contributed by atoms with Crippen LogP contribution in [-0.4, -0.2) is 28.9 Å². The molecule has 6 nitrogen and oxygen atoms in total. The number of carboxylic acids is 1. The van der Waals surface area contributed by atoms with Crippen molar-refractivity contribution in [3.05, 3.63) is 71.8 Å². The molecule has 0 fully saturated rings. The van der Waals surface area contributed by atoms with Crippen molar-refractivity contribution in [2.75, 3.05) is 0 Å². The second-order valence-electron chi connectivity index (χ2n) is 6.25. The Morgan fingerprint density at radius 2 is 1.52 bits per heavy atom. The minimum absolute atomic E-state index is 0.0456. The smallest absolute Gasteiger partial charge is 0.326 e. The summed E-state index contributed by atoms with van der Waals surface area (Å²) in [5.41, 5.74) is 1.27. The molecule has 0 aromatic heterocycles. The van der Waals surface area contributed by atoms with Crippen LogP contribution in [0.3, 0.4) is 0 Å². The number of carbonyl (C=O) groups is 3. The maximum absolute atomic E-state index is 12.5. The Hall–Kier alpha value is -3.15. The Labute approximate surface area is 158 Å². The first-order valence-corrected chi connectivity index (χ1v) is 8.94. The third kappa shape index (κ3) is 6.26. The highest BCUT2D eigenvalue weighted by Gasteiger charge is 2.23. The minimum Gasteiger partial charge on any atom is -0.480 e. The average Bonchev–Trinajstić information content (AvgIpc) is 2.68. The monoisotopic (exact) mass is 368 g/mol. The van der Waals surface area contributed by atoms with Gasteiger partial charge < -0.3 is 15.7 Å². The van der Waals surface area contributed by atoms with Gasteiger partial charge in [-0.2, -0.15) is 0 Å². The summed E-state index contributed by atoms with van der Waals surface area (Å²) in [5.74, 6) is -1.77. The summed E-state index contributed by atoms with van der Waals surface area (Å²) in [6.07, 6.45) is 0.952. The SMILES string of the molecule is CCC[C@@H](NC(=O)C[C@@H](NC(=O)c1ccccc1)c1ccccc1)C(=O)O. The number of nitrogens with one attached hydrogen (secondary N) is 2. The van der Waals surface area contributed by atoms with Crippen LogP contribution in [0.25, 0.3) is 0 Å². The van der Waals surface area contributed by atoms with Crippen molar-refractivity contribution in [3.63, 3.8) is 0 Å². The standard InChI is InChI=1S/C21H24N2O4/c1-2-9-17(21(26)27)22-19(24)14-18(15-10-5-3-6-11-15)23-20(25)16-12-7-4-8-13-16/h3-8,10-13,17-18H,2,9,14H2,1H3,(H,22,24)(H,23,25)(H,26,27)/t17-,18-/m1/s1. The molecule has 2 atom stereocenters. The highest BCUT2D eigenvalue weighted by molar-refractivity contribution is 5.94. The molecule has 0 aliphatic rings. The summed E-state index contributed by atoms with van der Waals surface area (Å²) in [6, 6.07) is 16.4. The number of rotatable bonds is 9. The number of hydrogen-bond acceptors (Lipinski definition) is 3. The Balaban J connectivity index is 2.12. The number of carbonyl (C=O) groups excluding carboxylic acids is 2. The fraction of sp³-hybridized carbons (Fsp3) is 0.286. The molecule has 0 saturated heterocycles. The predicted molar refractivity (Wildman–Crippen MR) is 102 cm³/mol. The van der Waals surface area contributed by atoms with Gasteiger partial charge in [0.15, 0.2) is 0 Å². The number of hydrogen-bond donors (Lipinski definition) is 3. The highest BCUT2D eigenvalue weighted by atomic mass is 16.4. The van der Waals surface area contributed by atoms with E-state index in [2.05, 4.69) is 10.6 Å². The molecular formula is C21H24N2O4. The lowest BCUT2D eigenvalue weighted by molar-refractivity contribution is -0.142. The van der Waals surface area contributed by atoms with E-state index in [-0.39, 0.29) is 12.3 Å². The van der Waals surface area contributed by atoms with Gasteiger partial charge in [-0.15, -0.1) is 0 Å². The number of carboxylic acid groups (broad SMARTS) is 1. The van der Waals surface area contributed by atoms with Crippen molar-refractivity contribution >= 4 is 17.8 Å². The topological polar surface area (TPSA) is 95.5 Å². The molecule has 0 aliphatic heterocycles. The van der Waals surface area contributed by atoms with Crippen LogP contribution in [0.4, 0.5) is 0 Å². The molecule has 0 bridgehead atoms. The molecule has 2 aromatic rings. The van der Waals surface area contributed by atoms with Gasteiger partial charge in [-0.05, 0) is 24.1 Å². The minimum atomic E-state index is -1.06. The molecule has 2 aromatic carbocycles. The Morgan fingerprint density at radius 1 is 0.926 bits per heavy atom. The summed E-state index contributed by atoms with van der Waals surface area (Å²) in [6.45, 7) is 1.86. The van der Waals surface area contributed by atoms with Gasteiger partial charge in [-0.3, -0.25) is 9.59 Å². The summed E-state index contributed by atoms with van der Waals surface area (Å²) in [4.78, 5) is 36.2. The second-order valence-corrected chi connectivity index (χ2v) is 6.25. The van der Waals surface area contributed by atoms with Crippen LogP contribution in [0.2, 0.25) is 0 Å². The Kier molecular flexibility index (Phi) is 7.55. The molecule has 0 unspecified atom stereocenters. The van der Waals surface area contributed by atoms with Crippen LogP contribution >= 0.6 is 0 Å². The fourth-order valence-electron chi connectivity index (χ4n) is 2.75. The lowest BCUT2D eigenvalue weighted by atomic mass is 10.0. The first kappa shape index (κ1) is 20.2. The average molecular weight is 368 g/mol. The zero-order valence-electron chi connectivity index (χ0n) is 15.2. The van der Waals surface area contributed by atoms with Crippen LogP contribution < -0.4 is 10.6 Å². The Bertz CT molecular complexity index is 762. The first-order valence-electron chi connectivity index (χ1n) is 8.94. The largest absolute Gasteiger partial charge is 0.480 e. The van der Waals surface area contributed by atoms with Gasteiger partial charge in [0.25, 0.3) is 5.91 Å². The predicted octanol–water partition coefficient (Wildman–Crippen LogP) is 2.92. The van der Waals surface area contributed by atoms with Gasteiger partial charge in [-0.25, -0.2) is 4.79 Å². The van der Waals surface area contributed by atoms with E-state index in [1.165, 1.54) is 0 Å². The van der Waals surface area contributed by atoms with Gasteiger partial charge in [0.05, 0.1) is 12.5 Å². The number of aliphatic carboxylic acids is 1. The van der Waals surface area contributed by atoms with E-state index < -0.39 is 24.0 Å². The maximum Gasteiger partial charge on any atom is 0.326 e. The lowest BCUT2D eigenvalue weighted by Gasteiger charge is -2.21. The zero-order chi connectivity index (χ0) is 19.6. The third-order valence-electron chi connectivity index (χ3n) is 4.14. The van der Waals surface area contributed by atoms with E-state index in [0.717, 1.165) is 5.56 Å². The third-order valence-corrected chi connectivity index (χ3v) is 4.14. The molecule has 0 radical (unpaired) electrons. The van der Waals surface area contributed by atoms with E-state index >= 15 is 0 Å². The van der Waals surface area contributed by atoms with Crippen molar-refractivity contribution in [2.45, 2.75) is 38.3 Å². The lowest BCUT2D eigenvalue weighted by Crippen LogP contribution is -2.42. The van der Waals surface area contributed by atoms with E-state index in [9.17, 15) is 19.5 Å². The van der Waals surface area contributed by atoms with E-state index in [4.69, 9.17) is 0 Å². The van der Waals surface area contributed by atoms with Crippen molar-refractivity contribution in [1.29, 1.82) is 0 Å². The van der Waals surface area contributed by atoms with Crippen molar-refractivity contribution in [1.82, 2.24) is 10.6 Å². The van der Waals surface area contributed by atoms with Crippen molar-refractivity contribution in [3.8, 4) is 0 Å². The van der Waals surface area contributed by atoms with E-state index in [0.29, 0.717) is 18.4 Å². The Morgan fingerprint density at radius 3 is 2.07 bits per heavy atom. The first-order chi connectivity index (χ1) is 13.0. The normalized spacial score (nSPS) is 12.6. The fourth-order valence-corrected chi connectivity index (χ4v) is 2.75. The van der Waals surface area contributed by atoms with Gasteiger partial charge in [-0.1, -0.05) is 61.9 Å². The summed E-state index contributed by atoms with van der Waals surface area (Å²) in [5, 5.41) is 14.6. The summed E-state index contributed by atoms with van der Waals surface area (Å²) in [7, 11) is 0. The molecule has 0 aliphatic carbocycles. The molecule has 0 heterocycles. The number of benzene rings is 2. The van der Waals surface area contributed by atoms with Crippen LogP contribution in [-0.2, 0) is 9.59 Å². The van der Waals surface area contributed by atoms with Gasteiger partial charge in [0.2, 0.25) is 5.91 Å². The number of amides is 2. The zero-order valence-corrected chi connectivity index (χ0v) is 15.2. The molecule has 6 heteroatoms. The molecule has 27 heavy (non-hydrogen) atoms. The van der Waals surface area contributed by atoms with E-state index in [1.54, 1.807) is 24.3 Å².